The molecule has 2 N–H and O–H groups in total. The van der Waals surface area contributed by atoms with Gasteiger partial charge in [-0.25, -0.2) is 9.65 Å². The second-order valence-electron chi connectivity index (χ2n) is 11.0. The number of nitrogens with zero attached hydrogens (tertiary/aromatic N) is 1. The lowest BCUT2D eigenvalue weighted by Gasteiger charge is -2.58. The molecule has 0 aromatic rings. The first-order valence-electron chi connectivity index (χ1n) is 11.9. The van der Waals surface area contributed by atoms with Crippen molar-refractivity contribution in [2.24, 2.45) is 34.5 Å². The first-order valence-corrected chi connectivity index (χ1v) is 13.8. The van der Waals surface area contributed by atoms with E-state index in [9.17, 15) is 4.79 Å². The highest BCUT2D eigenvalue weighted by Gasteiger charge is 2.64. The van der Waals surface area contributed by atoms with Gasteiger partial charge in [0.15, 0.2) is 0 Å². The van der Waals surface area contributed by atoms with Gasteiger partial charge in [-0.2, -0.15) is 0 Å². The Labute approximate surface area is 184 Å². The minimum absolute atomic E-state index is 0.0137. The summed E-state index contributed by atoms with van der Waals surface area (Å²) < 4.78 is 5.73. The summed E-state index contributed by atoms with van der Waals surface area (Å²) >= 11 is 0. The van der Waals surface area contributed by atoms with Crippen LogP contribution in [0, 0.1) is 34.5 Å². The number of carbonyl (C=O) groups is 1. The molecule has 7 heteroatoms. The Morgan fingerprint density at radius 2 is 2.03 bits per heavy atom. The molecule has 0 aromatic heterocycles. The van der Waals surface area contributed by atoms with E-state index in [1.807, 2.05) is 0 Å². The quantitative estimate of drug-likeness (QED) is 0.461. The molecule has 0 bridgehead atoms. The molecule has 5 aliphatic rings. The Kier molecular flexibility index (Phi) is 5.86. The zero-order chi connectivity index (χ0) is 21.1. The minimum Gasteiger partial charge on any atom is -0.458 e. The van der Waals surface area contributed by atoms with Gasteiger partial charge in [-0.15, -0.1) is 0 Å². The van der Waals surface area contributed by atoms with E-state index in [2.05, 4.69) is 36.7 Å². The maximum atomic E-state index is 12.0. The largest absolute Gasteiger partial charge is 0.458 e. The molecule has 2 unspecified atom stereocenters. The van der Waals surface area contributed by atoms with E-state index in [0.29, 0.717) is 10.8 Å². The molecule has 3 saturated carbocycles. The summed E-state index contributed by atoms with van der Waals surface area (Å²) in [5.74, 6) is 3.48. The molecule has 5 nitrogen and oxygen atoms in total. The summed E-state index contributed by atoms with van der Waals surface area (Å²) in [7, 11) is 1.80. The summed E-state index contributed by atoms with van der Waals surface area (Å²) in [5, 5.41) is 0. The van der Waals surface area contributed by atoms with Gasteiger partial charge in [0.2, 0.25) is 0 Å². The van der Waals surface area contributed by atoms with E-state index >= 15 is 0 Å². The molecule has 4 aliphatic carbocycles. The fourth-order valence-corrected chi connectivity index (χ4v) is 9.65. The molecule has 168 valence electrons. The second kappa shape index (κ2) is 8.07. The van der Waals surface area contributed by atoms with E-state index in [1.165, 1.54) is 38.6 Å². The van der Waals surface area contributed by atoms with Gasteiger partial charge in [0.05, 0.1) is 17.7 Å². The maximum Gasteiger partial charge on any atom is 0.338 e. The average Bonchev–Trinajstić information content (AvgIpc) is 3.21. The molecule has 0 radical (unpaired) electrons. The van der Waals surface area contributed by atoms with Crippen LogP contribution in [0.1, 0.15) is 65.2 Å². The van der Waals surface area contributed by atoms with Crippen LogP contribution in [0.3, 0.4) is 0 Å². The summed E-state index contributed by atoms with van der Waals surface area (Å²) in [6, 6.07) is 0.753. The number of rotatable bonds is 4. The number of ether oxygens (including phenoxy) is 1. The highest BCUT2D eigenvalue weighted by molar-refractivity contribution is 7.62. The van der Waals surface area contributed by atoms with Crippen molar-refractivity contribution in [2.75, 3.05) is 13.6 Å². The Morgan fingerprint density at radius 1 is 1.23 bits per heavy atom. The van der Waals surface area contributed by atoms with Gasteiger partial charge >= 0.3 is 5.71 Å². The number of hydrogen-bond donors (Lipinski definition) is 2. The van der Waals surface area contributed by atoms with Crippen molar-refractivity contribution in [3.05, 3.63) is 11.6 Å². The van der Waals surface area contributed by atoms with Crippen LogP contribution in [-0.2, 0) is 4.74 Å². The van der Waals surface area contributed by atoms with Crippen molar-refractivity contribution in [3.8, 4) is 0 Å². The molecule has 1 spiro atoms. The van der Waals surface area contributed by atoms with Crippen LogP contribution in [0.2, 0.25) is 0 Å². The fraction of sp³-hybridized carbons (Fsp3) is 0.870. The third-order valence-corrected chi connectivity index (χ3v) is 11.4. The number of nitrogens with one attached hydrogen (secondary N) is 1. The van der Waals surface area contributed by atoms with Crippen molar-refractivity contribution in [2.45, 2.75) is 77.4 Å². The average molecular weight is 453 g/mol. The lowest BCUT2D eigenvalue weighted by atomic mass is 9.47. The van der Waals surface area contributed by atoms with Crippen LogP contribution >= 0.6 is 17.7 Å². The van der Waals surface area contributed by atoms with E-state index in [1.54, 1.807) is 5.57 Å². The maximum absolute atomic E-state index is 12.0. The molecule has 1 heterocycles. The molecule has 0 amide bonds. The summed E-state index contributed by atoms with van der Waals surface area (Å²) in [4.78, 5) is 26.2. The van der Waals surface area contributed by atoms with Crippen LogP contribution in [0.5, 0.6) is 0 Å². The van der Waals surface area contributed by atoms with E-state index in [4.69, 9.17) is 9.63 Å². The Morgan fingerprint density at radius 3 is 2.83 bits per heavy atom. The molecule has 1 saturated heterocycles. The number of allylic oxidation sites excluding steroid dienone is 1. The number of likely N-dealkylation sites (tertiary alicyclic amines) is 1. The molecule has 4 fully saturated rings. The number of hydrogen-bond acceptors (Lipinski definition) is 5. The van der Waals surface area contributed by atoms with Gasteiger partial charge < -0.3 is 14.5 Å². The predicted octanol–water partition coefficient (Wildman–Crippen LogP) is 5.07. The highest BCUT2D eigenvalue weighted by Crippen LogP contribution is 2.68. The van der Waals surface area contributed by atoms with Crippen molar-refractivity contribution >= 4 is 23.4 Å². The number of fused-ring (bicyclic) bond motifs is 4. The molecule has 5 rings (SSSR count). The van der Waals surface area contributed by atoms with Crippen molar-refractivity contribution in [1.29, 1.82) is 0 Å². The molecule has 10 atom stereocenters. The SMILES string of the molecule is C[C@H]1[C@H]2CC[C@H]3[C@@H]4CC=C5C[C@@H](OC(=O)PNPO)CC[C@]5(C)[C@H]4CC[C@]23CN1C. The van der Waals surface area contributed by atoms with Gasteiger partial charge in [-0.3, -0.25) is 0 Å². The fourth-order valence-electron chi connectivity index (χ4n) is 8.79. The van der Waals surface area contributed by atoms with E-state index in [-0.39, 0.29) is 20.5 Å². The van der Waals surface area contributed by atoms with Gasteiger partial charge in [0, 0.05) is 19.0 Å². The standard InChI is InChI=1S/C23H38N2O3P2/c1-14-18-6-7-20-17-5-4-15-12-16(28-21(26)29-24-30-27)8-10-22(15,2)19(17)9-11-23(18,20)13-25(14)3/h4,14,16-20,24,27,29-30H,5-13H2,1-3H3/t14-,16-,17+,18+,19-,20-,22-,23-/m0/s1. The van der Waals surface area contributed by atoms with Crippen LogP contribution in [0.25, 0.3) is 0 Å². The Balaban J connectivity index is 1.32. The summed E-state index contributed by atoms with van der Waals surface area (Å²) in [6.45, 7) is 6.31. The molecule has 30 heavy (non-hydrogen) atoms. The molecular weight excluding hydrogens is 414 g/mol. The second-order valence-corrected chi connectivity index (χ2v) is 12.9. The topological polar surface area (TPSA) is 61.8 Å². The van der Waals surface area contributed by atoms with Crippen molar-refractivity contribution < 1.29 is 14.4 Å². The predicted molar refractivity (Wildman–Crippen MR) is 124 cm³/mol. The van der Waals surface area contributed by atoms with Gasteiger partial charge in [-0.1, -0.05) is 18.6 Å². The lowest BCUT2D eigenvalue weighted by molar-refractivity contribution is -0.0478. The van der Waals surface area contributed by atoms with Gasteiger partial charge in [-0.05, 0) is 93.4 Å². The first-order chi connectivity index (χ1) is 14.4. The van der Waals surface area contributed by atoms with E-state index < -0.39 is 8.96 Å². The third-order valence-electron chi connectivity index (χ3n) is 10.2. The molecular formula is C23H38N2O3P2. The van der Waals surface area contributed by atoms with Crippen LogP contribution in [0.15, 0.2) is 11.6 Å². The summed E-state index contributed by atoms with van der Waals surface area (Å²) in [5.41, 5.74) is 2.24. The van der Waals surface area contributed by atoms with Crippen LogP contribution in [0.4, 0.5) is 4.79 Å². The van der Waals surface area contributed by atoms with Gasteiger partial charge in [0.1, 0.15) is 6.10 Å². The summed E-state index contributed by atoms with van der Waals surface area (Å²) in [6.07, 6.45) is 12.6. The zero-order valence-electron chi connectivity index (χ0n) is 18.6. The Bertz CT molecular complexity index is 733. The minimum atomic E-state index is -0.398. The van der Waals surface area contributed by atoms with Crippen LogP contribution < -0.4 is 4.86 Å². The van der Waals surface area contributed by atoms with Crippen molar-refractivity contribution in [1.82, 2.24) is 9.76 Å². The van der Waals surface area contributed by atoms with Crippen LogP contribution in [-0.4, -0.2) is 41.2 Å². The van der Waals surface area contributed by atoms with Gasteiger partial charge in [0.25, 0.3) is 0 Å². The van der Waals surface area contributed by atoms with E-state index in [0.717, 1.165) is 49.0 Å². The normalized spacial score (nSPS) is 48.5. The highest BCUT2D eigenvalue weighted by atomic mass is 31.2. The Hall–Kier alpha value is -0.0500. The molecule has 0 aromatic carbocycles. The third kappa shape index (κ3) is 3.26. The first kappa shape index (κ1) is 21.8. The monoisotopic (exact) mass is 452 g/mol. The molecule has 1 aliphatic heterocycles. The smallest absolute Gasteiger partial charge is 0.338 e. The van der Waals surface area contributed by atoms with Crippen molar-refractivity contribution in [3.63, 3.8) is 0 Å². The number of carbonyl (C=O) groups excluding carboxylic acids is 1. The zero-order valence-corrected chi connectivity index (χ0v) is 20.6. The lowest BCUT2D eigenvalue weighted by Crippen LogP contribution is -2.51.